The molecule has 0 saturated carbocycles. The number of ether oxygens (including phenoxy) is 1. The molecule has 1 aromatic carbocycles. The van der Waals surface area contributed by atoms with Crippen LogP contribution in [0, 0.1) is 0 Å². The van der Waals surface area contributed by atoms with Gasteiger partial charge < -0.3 is 14.9 Å². The summed E-state index contributed by atoms with van der Waals surface area (Å²) in [5.41, 5.74) is 1.75. The van der Waals surface area contributed by atoms with Crippen LogP contribution < -0.4 is 4.74 Å². The van der Waals surface area contributed by atoms with Gasteiger partial charge in [-0.05, 0) is 23.5 Å². The molecule has 0 aromatic heterocycles. The van der Waals surface area contributed by atoms with Crippen molar-refractivity contribution in [1.29, 1.82) is 0 Å². The number of carbonyl (C=O) groups is 2. The minimum atomic E-state index is -1.28. The number of aliphatic carboxylic acids is 1. The fourth-order valence-electron chi connectivity index (χ4n) is 2.27. The van der Waals surface area contributed by atoms with E-state index >= 15 is 0 Å². The fourth-order valence-corrected chi connectivity index (χ4v) is 2.27. The van der Waals surface area contributed by atoms with Crippen molar-refractivity contribution in [3.63, 3.8) is 0 Å². The molecule has 1 heterocycles. The third-order valence-corrected chi connectivity index (χ3v) is 3.33. The molecule has 2 N–H and O–H groups in total. The molecule has 0 saturated heterocycles. The highest BCUT2D eigenvalue weighted by Gasteiger charge is 2.36. The minimum Gasteiger partial charge on any atom is -0.481 e. The SMILES string of the molecule is CC(C)(C)c1cc(CCC(=O)O)cc2c1OC(=O)C2O. The third-order valence-electron chi connectivity index (χ3n) is 3.33. The molecule has 5 heteroatoms. The minimum absolute atomic E-state index is 0.00721. The monoisotopic (exact) mass is 278 g/mol. The zero-order chi connectivity index (χ0) is 15.1. The number of carboxylic acids is 1. The molecule has 5 nitrogen and oxygen atoms in total. The standard InChI is InChI=1S/C15H18O5/c1-15(2,3)10-7-8(4-5-11(16)17)6-9-12(18)14(19)20-13(9)10/h6-7,12,18H,4-5H2,1-3H3,(H,16,17). The lowest BCUT2D eigenvalue weighted by Gasteiger charge is -2.22. The van der Waals surface area contributed by atoms with Gasteiger partial charge in [-0.25, -0.2) is 4.79 Å². The number of carbonyl (C=O) groups excluding carboxylic acids is 1. The Kier molecular flexibility index (Phi) is 3.56. The molecule has 1 atom stereocenters. The predicted molar refractivity (Wildman–Crippen MR) is 71.7 cm³/mol. The molecule has 0 bridgehead atoms. The summed E-state index contributed by atoms with van der Waals surface area (Å²) in [4.78, 5) is 22.2. The molecule has 0 amide bonds. The average molecular weight is 278 g/mol. The second-order valence-electron chi connectivity index (χ2n) is 6.03. The van der Waals surface area contributed by atoms with E-state index in [-0.39, 0.29) is 11.8 Å². The van der Waals surface area contributed by atoms with Crippen LogP contribution in [0.1, 0.15) is 50.0 Å². The molecule has 108 valence electrons. The van der Waals surface area contributed by atoms with Crippen molar-refractivity contribution in [1.82, 2.24) is 0 Å². The molecule has 1 aliphatic heterocycles. The van der Waals surface area contributed by atoms with Crippen LogP contribution in [0.4, 0.5) is 0 Å². The second-order valence-corrected chi connectivity index (χ2v) is 6.03. The lowest BCUT2D eigenvalue weighted by Crippen LogP contribution is -2.14. The van der Waals surface area contributed by atoms with E-state index in [0.717, 1.165) is 11.1 Å². The van der Waals surface area contributed by atoms with E-state index in [0.29, 0.717) is 17.7 Å². The van der Waals surface area contributed by atoms with Crippen LogP contribution in [0.5, 0.6) is 5.75 Å². The molecule has 1 unspecified atom stereocenters. The first-order valence-corrected chi connectivity index (χ1v) is 6.49. The summed E-state index contributed by atoms with van der Waals surface area (Å²) in [5, 5.41) is 18.6. The first-order valence-electron chi connectivity index (χ1n) is 6.49. The maximum Gasteiger partial charge on any atom is 0.345 e. The van der Waals surface area contributed by atoms with Gasteiger partial charge >= 0.3 is 11.9 Å². The Labute approximate surface area is 117 Å². The van der Waals surface area contributed by atoms with Gasteiger partial charge in [0.1, 0.15) is 5.75 Å². The quantitative estimate of drug-likeness (QED) is 0.652. The number of benzene rings is 1. The highest BCUT2D eigenvalue weighted by molar-refractivity contribution is 5.85. The van der Waals surface area contributed by atoms with Gasteiger partial charge in [-0.3, -0.25) is 4.79 Å². The normalized spacial score (nSPS) is 17.8. The molecule has 0 radical (unpaired) electrons. The number of aliphatic hydroxyl groups excluding tert-OH is 1. The number of aliphatic hydroxyl groups is 1. The van der Waals surface area contributed by atoms with E-state index in [1.165, 1.54) is 0 Å². The average Bonchev–Trinajstić information content (AvgIpc) is 2.61. The van der Waals surface area contributed by atoms with Crippen LogP contribution in [-0.4, -0.2) is 22.2 Å². The van der Waals surface area contributed by atoms with Crippen LogP contribution in [0.2, 0.25) is 0 Å². The number of aryl methyl sites for hydroxylation is 1. The number of rotatable bonds is 3. The summed E-state index contributed by atoms with van der Waals surface area (Å²) in [6.45, 7) is 5.92. The number of esters is 1. The van der Waals surface area contributed by atoms with Crippen molar-refractivity contribution in [2.75, 3.05) is 0 Å². The van der Waals surface area contributed by atoms with Crippen LogP contribution in [0.15, 0.2) is 12.1 Å². The molecule has 0 aliphatic carbocycles. The van der Waals surface area contributed by atoms with Crippen LogP contribution >= 0.6 is 0 Å². The second kappa shape index (κ2) is 4.90. The molecule has 20 heavy (non-hydrogen) atoms. The summed E-state index contributed by atoms with van der Waals surface area (Å²) in [6.07, 6.45) is -0.921. The van der Waals surface area contributed by atoms with Gasteiger partial charge in [-0.1, -0.05) is 26.8 Å². The molecule has 1 aliphatic rings. The number of hydrogen-bond acceptors (Lipinski definition) is 4. The van der Waals surface area contributed by atoms with E-state index in [1.54, 1.807) is 6.07 Å². The Morgan fingerprint density at radius 3 is 2.55 bits per heavy atom. The Hall–Kier alpha value is -1.88. The Morgan fingerprint density at radius 2 is 2.00 bits per heavy atom. The Bertz CT molecular complexity index is 568. The highest BCUT2D eigenvalue weighted by atomic mass is 16.6. The predicted octanol–water partition coefficient (Wildman–Crippen LogP) is 1.95. The van der Waals surface area contributed by atoms with Gasteiger partial charge in [0.15, 0.2) is 6.10 Å². The van der Waals surface area contributed by atoms with Gasteiger partial charge in [-0.15, -0.1) is 0 Å². The van der Waals surface area contributed by atoms with Gasteiger partial charge in [0, 0.05) is 17.5 Å². The summed E-state index contributed by atoms with van der Waals surface area (Å²) in [6, 6.07) is 3.51. The maximum atomic E-state index is 11.5. The lowest BCUT2D eigenvalue weighted by atomic mass is 9.83. The topological polar surface area (TPSA) is 83.8 Å². The number of hydrogen-bond donors (Lipinski definition) is 2. The van der Waals surface area contributed by atoms with E-state index in [2.05, 4.69) is 0 Å². The van der Waals surface area contributed by atoms with Gasteiger partial charge in [-0.2, -0.15) is 0 Å². The first-order chi connectivity index (χ1) is 9.20. The Balaban J connectivity index is 2.49. The summed E-state index contributed by atoms with van der Waals surface area (Å²) >= 11 is 0. The molecule has 2 rings (SSSR count). The summed E-state index contributed by atoms with van der Waals surface area (Å²) < 4.78 is 5.15. The summed E-state index contributed by atoms with van der Waals surface area (Å²) in [5.74, 6) is -1.15. The largest absolute Gasteiger partial charge is 0.481 e. The first kappa shape index (κ1) is 14.5. The number of carboxylic acid groups (broad SMARTS) is 1. The van der Waals surface area contributed by atoms with Crippen LogP contribution in [0.25, 0.3) is 0 Å². The molecular formula is C15H18O5. The zero-order valence-electron chi connectivity index (χ0n) is 11.8. The van der Waals surface area contributed by atoms with Crippen LogP contribution in [-0.2, 0) is 21.4 Å². The molecule has 0 spiro atoms. The van der Waals surface area contributed by atoms with Crippen molar-refractivity contribution >= 4 is 11.9 Å². The Morgan fingerprint density at radius 1 is 1.35 bits per heavy atom. The number of fused-ring (bicyclic) bond motifs is 1. The van der Waals surface area contributed by atoms with Crippen molar-refractivity contribution in [3.05, 3.63) is 28.8 Å². The molecule has 0 fully saturated rings. The van der Waals surface area contributed by atoms with Gasteiger partial charge in [0.25, 0.3) is 0 Å². The molecule has 1 aromatic rings. The zero-order valence-corrected chi connectivity index (χ0v) is 11.8. The highest BCUT2D eigenvalue weighted by Crippen LogP contribution is 2.42. The van der Waals surface area contributed by atoms with Crippen molar-refractivity contribution in [2.24, 2.45) is 0 Å². The van der Waals surface area contributed by atoms with Crippen molar-refractivity contribution in [3.8, 4) is 5.75 Å². The molecular weight excluding hydrogens is 260 g/mol. The van der Waals surface area contributed by atoms with Gasteiger partial charge in [0.05, 0.1) is 0 Å². The smallest absolute Gasteiger partial charge is 0.345 e. The van der Waals surface area contributed by atoms with E-state index < -0.39 is 18.0 Å². The summed E-state index contributed by atoms with van der Waals surface area (Å²) in [7, 11) is 0. The lowest BCUT2D eigenvalue weighted by molar-refractivity contribution is -0.141. The fraction of sp³-hybridized carbons (Fsp3) is 0.467. The van der Waals surface area contributed by atoms with Crippen molar-refractivity contribution < 1.29 is 24.5 Å². The van der Waals surface area contributed by atoms with Crippen LogP contribution in [0.3, 0.4) is 0 Å². The third kappa shape index (κ3) is 2.67. The van der Waals surface area contributed by atoms with Gasteiger partial charge in [0.2, 0.25) is 0 Å². The van der Waals surface area contributed by atoms with E-state index in [4.69, 9.17) is 9.84 Å². The van der Waals surface area contributed by atoms with E-state index in [9.17, 15) is 14.7 Å². The van der Waals surface area contributed by atoms with E-state index in [1.807, 2.05) is 26.8 Å². The van der Waals surface area contributed by atoms with Crippen molar-refractivity contribution in [2.45, 2.75) is 45.1 Å². The maximum absolute atomic E-state index is 11.5.